The molecule has 0 atom stereocenters. The summed E-state index contributed by atoms with van der Waals surface area (Å²) < 4.78 is 0. The van der Waals surface area contributed by atoms with Crippen LogP contribution in [-0.4, -0.2) is 17.6 Å². The van der Waals surface area contributed by atoms with E-state index in [9.17, 15) is 4.79 Å². The zero-order valence-electron chi connectivity index (χ0n) is 7.42. The zero-order chi connectivity index (χ0) is 9.42. The van der Waals surface area contributed by atoms with E-state index in [1.807, 2.05) is 6.92 Å². The van der Waals surface area contributed by atoms with E-state index in [2.05, 4.69) is 5.32 Å². The third kappa shape index (κ3) is 1.26. The molecule has 0 bridgehead atoms. The van der Waals surface area contributed by atoms with Gasteiger partial charge in [0.25, 0.3) is 0 Å². The van der Waals surface area contributed by atoms with Crippen LogP contribution in [0.4, 0.5) is 5.69 Å². The molecule has 0 saturated heterocycles. The van der Waals surface area contributed by atoms with Crippen LogP contribution in [0.15, 0.2) is 12.1 Å². The average Bonchev–Trinajstić information content (AvgIpc) is 2.51. The van der Waals surface area contributed by atoms with Crippen molar-refractivity contribution >= 4 is 11.7 Å². The first-order valence-electron chi connectivity index (χ1n) is 4.29. The number of carbonyl (C=O) groups is 1. The molecule has 1 aromatic rings. The van der Waals surface area contributed by atoms with Crippen LogP contribution in [0.3, 0.4) is 0 Å². The smallest absolute Gasteiger partial charge is 0.335 e. The predicted molar refractivity (Wildman–Crippen MR) is 50.3 cm³/mol. The van der Waals surface area contributed by atoms with Crippen LogP contribution in [0.25, 0.3) is 0 Å². The van der Waals surface area contributed by atoms with Crippen molar-refractivity contribution in [2.45, 2.75) is 13.3 Å². The van der Waals surface area contributed by atoms with Crippen molar-refractivity contribution in [1.29, 1.82) is 0 Å². The molecule has 0 saturated carbocycles. The minimum absolute atomic E-state index is 0.366. The molecule has 68 valence electrons. The molecule has 0 fully saturated rings. The Bertz CT molecular complexity index is 371. The summed E-state index contributed by atoms with van der Waals surface area (Å²) in [6, 6.07) is 3.44. The topological polar surface area (TPSA) is 49.3 Å². The van der Waals surface area contributed by atoms with Crippen molar-refractivity contribution in [2.75, 3.05) is 11.9 Å². The fourth-order valence-corrected chi connectivity index (χ4v) is 1.75. The SMILES string of the molecule is Cc1cc(C(=O)O)cc2c1CCN2. The number of aromatic carboxylic acids is 1. The monoisotopic (exact) mass is 177 g/mol. The van der Waals surface area contributed by atoms with Gasteiger partial charge in [-0.3, -0.25) is 0 Å². The Hall–Kier alpha value is -1.51. The summed E-state index contributed by atoms with van der Waals surface area (Å²) in [6.45, 7) is 2.87. The van der Waals surface area contributed by atoms with E-state index in [1.54, 1.807) is 12.1 Å². The van der Waals surface area contributed by atoms with Gasteiger partial charge in [0.1, 0.15) is 0 Å². The van der Waals surface area contributed by atoms with Gasteiger partial charge < -0.3 is 10.4 Å². The summed E-state index contributed by atoms with van der Waals surface area (Å²) >= 11 is 0. The molecule has 1 aliphatic rings. The first kappa shape index (κ1) is 8.10. The molecule has 0 unspecified atom stereocenters. The number of benzene rings is 1. The van der Waals surface area contributed by atoms with Crippen molar-refractivity contribution in [2.24, 2.45) is 0 Å². The number of rotatable bonds is 1. The number of hydrogen-bond donors (Lipinski definition) is 2. The Balaban J connectivity index is 2.55. The number of anilines is 1. The van der Waals surface area contributed by atoms with E-state index in [4.69, 9.17) is 5.11 Å². The summed E-state index contributed by atoms with van der Waals surface area (Å²) in [4.78, 5) is 10.7. The lowest BCUT2D eigenvalue weighted by molar-refractivity contribution is 0.0697. The molecular formula is C10H11NO2. The maximum atomic E-state index is 10.7. The lowest BCUT2D eigenvalue weighted by Gasteiger charge is -2.04. The Labute approximate surface area is 76.4 Å². The van der Waals surface area contributed by atoms with Gasteiger partial charge in [0.15, 0.2) is 0 Å². The molecule has 0 radical (unpaired) electrons. The molecule has 3 heteroatoms. The average molecular weight is 177 g/mol. The Morgan fingerprint density at radius 2 is 2.31 bits per heavy atom. The lowest BCUT2D eigenvalue weighted by atomic mass is 10.0. The van der Waals surface area contributed by atoms with Gasteiger partial charge in [-0.1, -0.05) is 0 Å². The minimum Gasteiger partial charge on any atom is -0.478 e. The number of aryl methyl sites for hydroxylation is 1. The number of nitrogens with one attached hydrogen (secondary N) is 1. The Morgan fingerprint density at radius 3 is 3.00 bits per heavy atom. The fraction of sp³-hybridized carbons (Fsp3) is 0.300. The highest BCUT2D eigenvalue weighted by Gasteiger charge is 2.15. The number of carboxylic acid groups (broad SMARTS) is 1. The van der Waals surface area contributed by atoms with Gasteiger partial charge in [0, 0.05) is 12.2 Å². The molecule has 2 rings (SSSR count). The van der Waals surface area contributed by atoms with Gasteiger partial charge in [-0.25, -0.2) is 4.79 Å². The largest absolute Gasteiger partial charge is 0.478 e. The number of hydrogen-bond acceptors (Lipinski definition) is 2. The van der Waals surface area contributed by atoms with Crippen LogP contribution in [-0.2, 0) is 6.42 Å². The fourth-order valence-electron chi connectivity index (χ4n) is 1.75. The van der Waals surface area contributed by atoms with Gasteiger partial charge in [0.2, 0.25) is 0 Å². The first-order chi connectivity index (χ1) is 6.18. The third-order valence-corrected chi connectivity index (χ3v) is 2.41. The van der Waals surface area contributed by atoms with E-state index in [0.717, 1.165) is 24.2 Å². The second-order valence-corrected chi connectivity index (χ2v) is 3.30. The number of fused-ring (bicyclic) bond motifs is 1. The molecule has 0 amide bonds. The molecule has 3 nitrogen and oxygen atoms in total. The molecule has 0 spiro atoms. The lowest BCUT2D eigenvalue weighted by Crippen LogP contribution is -1.99. The molecule has 2 N–H and O–H groups in total. The van der Waals surface area contributed by atoms with Gasteiger partial charge in [-0.15, -0.1) is 0 Å². The number of carboxylic acids is 1. The van der Waals surface area contributed by atoms with Gasteiger partial charge in [-0.2, -0.15) is 0 Å². The zero-order valence-corrected chi connectivity index (χ0v) is 7.42. The third-order valence-electron chi connectivity index (χ3n) is 2.41. The molecule has 1 aromatic carbocycles. The molecule has 13 heavy (non-hydrogen) atoms. The van der Waals surface area contributed by atoms with Crippen LogP contribution >= 0.6 is 0 Å². The maximum absolute atomic E-state index is 10.7. The van der Waals surface area contributed by atoms with Crippen molar-refractivity contribution in [3.63, 3.8) is 0 Å². The van der Waals surface area contributed by atoms with E-state index in [1.165, 1.54) is 5.56 Å². The van der Waals surface area contributed by atoms with Crippen molar-refractivity contribution < 1.29 is 9.90 Å². The summed E-state index contributed by atoms with van der Waals surface area (Å²) in [5.74, 6) is -0.861. The highest BCUT2D eigenvalue weighted by molar-refractivity contribution is 5.90. The summed E-state index contributed by atoms with van der Waals surface area (Å²) in [7, 11) is 0. The second-order valence-electron chi connectivity index (χ2n) is 3.30. The van der Waals surface area contributed by atoms with E-state index in [0.29, 0.717) is 5.56 Å². The van der Waals surface area contributed by atoms with Gasteiger partial charge >= 0.3 is 5.97 Å². The van der Waals surface area contributed by atoms with Crippen LogP contribution < -0.4 is 5.32 Å². The van der Waals surface area contributed by atoms with E-state index >= 15 is 0 Å². The van der Waals surface area contributed by atoms with Crippen LogP contribution in [0.1, 0.15) is 21.5 Å². The van der Waals surface area contributed by atoms with Crippen molar-refractivity contribution in [3.05, 3.63) is 28.8 Å². The predicted octanol–water partition coefficient (Wildman–Crippen LogP) is 1.66. The standard InChI is InChI=1S/C10H11NO2/c1-6-4-7(10(12)13)5-9-8(6)2-3-11-9/h4-5,11H,2-3H2,1H3,(H,12,13). The highest BCUT2D eigenvalue weighted by Crippen LogP contribution is 2.26. The molecule has 0 aliphatic carbocycles. The second kappa shape index (κ2) is 2.76. The molecule has 0 aromatic heterocycles. The van der Waals surface area contributed by atoms with Crippen LogP contribution in [0.2, 0.25) is 0 Å². The highest BCUT2D eigenvalue weighted by atomic mass is 16.4. The van der Waals surface area contributed by atoms with E-state index < -0.39 is 5.97 Å². The quantitative estimate of drug-likeness (QED) is 0.685. The first-order valence-corrected chi connectivity index (χ1v) is 4.29. The van der Waals surface area contributed by atoms with Crippen molar-refractivity contribution in [1.82, 2.24) is 0 Å². The summed E-state index contributed by atoms with van der Waals surface area (Å²) in [5.41, 5.74) is 3.67. The van der Waals surface area contributed by atoms with Gasteiger partial charge in [0.05, 0.1) is 5.56 Å². The van der Waals surface area contributed by atoms with E-state index in [-0.39, 0.29) is 0 Å². The van der Waals surface area contributed by atoms with Crippen molar-refractivity contribution in [3.8, 4) is 0 Å². The summed E-state index contributed by atoms with van der Waals surface area (Å²) in [5, 5.41) is 12.0. The van der Waals surface area contributed by atoms with Crippen LogP contribution in [0.5, 0.6) is 0 Å². The van der Waals surface area contributed by atoms with Gasteiger partial charge in [-0.05, 0) is 36.6 Å². The Kier molecular flexibility index (Phi) is 1.72. The maximum Gasteiger partial charge on any atom is 0.335 e. The molecular weight excluding hydrogens is 166 g/mol. The summed E-state index contributed by atoms with van der Waals surface area (Å²) in [6.07, 6.45) is 1.00. The molecule has 1 heterocycles. The molecule has 1 aliphatic heterocycles. The Morgan fingerprint density at radius 1 is 1.54 bits per heavy atom. The normalized spacial score (nSPS) is 13.6. The van der Waals surface area contributed by atoms with Crippen LogP contribution in [0, 0.1) is 6.92 Å². The minimum atomic E-state index is -0.861.